The van der Waals surface area contributed by atoms with Crippen molar-refractivity contribution < 1.29 is 14.7 Å². The number of rotatable bonds is 3. The van der Waals surface area contributed by atoms with Gasteiger partial charge >= 0.3 is 5.97 Å². The minimum atomic E-state index is -0.836. The Morgan fingerprint density at radius 2 is 1.88 bits per heavy atom. The molecule has 1 saturated carbocycles. The van der Waals surface area contributed by atoms with Gasteiger partial charge in [-0.25, -0.2) is 0 Å². The van der Waals surface area contributed by atoms with Gasteiger partial charge < -0.3 is 15.3 Å². The number of amides is 1. The average molecular weight is 226 g/mol. The molecular weight excluding hydrogens is 208 g/mol. The number of piperidine rings is 1. The Balaban J connectivity index is 1.87. The number of nitrogens with one attached hydrogen (secondary N) is 1. The molecule has 16 heavy (non-hydrogen) atoms. The maximum Gasteiger partial charge on any atom is 0.307 e. The standard InChI is InChI=1S/C11H18N2O3/c1-13(7-2-4-12-5-3-7)10(14)8-6-9(8)11(15)16/h7-9,12H,2-6H2,1H3,(H,15,16). The van der Waals surface area contributed by atoms with Gasteiger partial charge in [0.1, 0.15) is 0 Å². The first-order valence-corrected chi connectivity index (χ1v) is 5.81. The van der Waals surface area contributed by atoms with Crippen LogP contribution in [0.1, 0.15) is 19.3 Å². The average Bonchev–Trinajstić information content (AvgIpc) is 3.08. The van der Waals surface area contributed by atoms with Gasteiger partial charge in [-0.05, 0) is 32.4 Å². The third-order valence-corrected chi connectivity index (χ3v) is 3.63. The molecule has 1 aliphatic heterocycles. The number of hydrogen-bond acceptors (Lipinski definition) is 3. The molecular formula is C11H18N2O3. The number of nitrogens with zero attached hydrogens (tertiary/aromatic N) is 1. The molecule has 0 radical (unpaired) electrons. The van der Waals surface area contributed by atoms with Crippen LogP contribution < -0.4 is 5.32 Å². The van der Waals surface area contributed by atoms with Gasteiger partial charge in [-0.2, -0.15) is 0 Å². The lowest BCUT2D eigenvalue weighted by Gasteiger charge is -2.31. The van der Waals surface area contributed by atoms with Crippen LogP contribution in [0.15, 0.2) is 0 Å². The van der Waals surface area contributed by atoms with Crippen LogP contribution in [0.4, 0.5) is 0 Å². The Morgan fingerprint density at radius 1 is 1.25 bits per heavy atom. The number of carboxylic acids is 1. The van der Waals surface area contributed by atoms with E-state index in [2.05, 4.69) is 5.32 Å². The number of carbonyl (C=O) groups is 2. The fourth-order valence-corrected chi connectivity index (χ4v) is 2.38. The zero-order valence-electron chi connectivity index (χ0n) is 9.48. The molecule has 2 atom stereocenters. The maximum absolute atomic E-state index is 12.0. The molecule has 2 N–H and O–H groups in total. The lowest BCUT2D eigenvalue weighted by Crippen LogP contribution is -2.44. The van der Waals surface area contributed by atoms with E-state index >= 15 is 0 Å². The van der Waals surface area contributed by atoms with Gasteiger partial charge in [0.05, 0.1) is 11.8 Å². The summed E-state index contributed by atoms with van der Waals surface area (Å²) in [6.45, 7) is 1.88. The number of aliphatic carboxylic acids is 1. The molecule has 1 amide bonds. The lowest BCUT2D eigenvalue weighted by molar-refractivity contribution is -0.142. The van der Waals surface area contributed by atoms with E-state index in [1.54, 1.807) is 11.9 Å². The first-order valence-electron chi connectivity index (χ1n) is 5.81. The molecule has 90 valence electrons. The molecule has 2 unspecified atom stereocenters. The fourth-order valence-electron chi connectivity index (χ4n) is 2.38. The normalized spacial score (nSPS) is 29.8. The van der Waals surface area contributed by atoms with E-state index in [0.29, 0.717) is 6.42 Å². The number of hydrogen-bond donors (Lipinski definition) is 2. The highest BCUT2D eigenvalue weighted by atomic mass is 16.4. The SMILES string of the molecule is CN(C(=O)C1CC1C(=O)O)C1CCNCC1. The van der Waals surface area contributed by atoms with Crippen LogP contribution in [-0.2, 0) is 9.59 Å². The molecule has 5 heteroatoms. The summed E-state index contributed by atoms with van der Waals surface area (Å²) in [7, 11) is 1.80. The molecule has 0 aromatic carbocycles. The van der Waals surface area contributed by atoms with Crippen LogP contribution in [0, 0.1) is 11.8 Å². The largest absolute Gasteiger partial charge is 0.481 e. The summed E-state index contributed by atoms with van der Waals surface area (Å²) in [4.78, 5) is 24.4. The Hall–Kier alpha value is -1.10. The van der Waals surface area contributed by atoms with E-state index in [-0.39, 0.29) is 17.9 Å². The van der Waals surface area contributed by atoms with Crippen molar-refractivity contribution in [2.45, 2.75) is 25.3 Å². The van der Waals surface area contributed by atoms with Crippen LogP contribution in [0.2, 0.25) is 0 Å². The lowest BCUT2D eigenvalue weighted by atomic mass is 10.0. The molecule has 5 nitrogen and oxygen atoms in total. The van der Waals surface area contributed by atoms with Gasteiger partial charge in [-0.3, -0.25) is 9.59 Å². The van der Waals surface area contributed by atoms with Gasteiger partial charge in [0.15, 0.2) is 0 Å². The molecule has 0 aromatic rings. The highest BCUT2D eigenvalue weighted by Crippen LogP contribution is 2.40. The summed E-state index contributed by atoms with van der Waals surface area (Å²) in [6.07, 6.45) is 2.45. The van der Waals surface area contributed by atoms with Crippen molar-refractivity contribution >= 4 is 11.9 Å². The van der Waals surface area contributed by atoms with Crippen molar-refractivity contribution in [2.75, 3.05) is 20.1 Å². The minimum absolute atomic E-state index is 0.0132. The van der Waals surface area contributed by atoms with Crippen LogP contribution in [0.5, 0.6) is 0 Å². The molecule has 0 bridgehead atoms. The van der Waals surface area contributed by atoms with Crippen molar-refractivity contribution in [1.29, 1.82) is 0 Å². The van der Waals surface area contributed by atoms with Crippen molar-refractivity contribution in [1.82, 2.24) is 10.2 Å². The van der Waals surface area contributed by atoms with E-state index < -0.39 is 11.9 Å². The Morgan fingerprint density at radius 3 is 2.38 bits per heavy atom. The summed E-state index contributed by atoms with van der Waals surface area (Å²) in [5.74, 6) is -1.52. The van der Waals surface area contributed by atoms with E-state index in [1.165, 1.54) is 0 Å². The summed E-state index contributed by atoms with van der Waals surface area (Å²) in [5, 5.41) is 12.0. The number of carboxylic acid groups (broad SMARTS) is 1. The molecule has 2 fully saturated rings. The molecule has 1 aliphatic carbocycles. The molecule has 2 rings (SSSR count). The summed E-state index contributed by atoms with van der Waals surface area (Å²) in [5.41, 5.74) is 0. The van der Waals surface area contributed by atoms with Gasteiger partial charge in [0.2, 0.25) is 5.91 Å². The zero-order valence-corrected chi connectivity index (χ0v) is 9.48. The Labute approximate surface area is 94.8 Å². The summed E-state index contributed by atoms with van der Waals surface area (Å²) in [6, 6.07) is 0.281. The fraction of sp³-hybridized carbons (Fsp3) is 0.818. The third kappa shape index (κ3) is 2.19. The van der Waals surface area contributed by atoms with E-state index in [4.69, 9.17) is 5.11 Å². The first kappa shape index (κ1) is 11.4. The maximum atomic E-state index is 12.0. The monoisotopic (exact) mass is 226 g/mol. The molecule has 1 saturated heterocycles. The predicted octanol–water partition coefficient (Wildman–Crippen LogP) is -0.0825. The smallest absolute Gasteiger partial charge is 0.307 e. The second-order valence-electron chi connectivity index (χ2n) is 4.72. The first-order chi connectivity index (χ1) is 7.61. The zero-order chi connectivity index (χ0) is 11.7. The second-order valence-corrected chi connectivity index (χ2v) is 4.72. The summed E-state index contributed by atoms with van der Waals surface area (Å²) < 4.78 is 0. The van der Waals surface area contributed by atoms with Gasteiger partial charge in [0.25, 0.3) is 0 Å². The predicted molar refractivity (Wildman–Crippen MR) is 57.9 cm³/mol. The third-order valence-electron chi connectivity index (χ3n) is 3.63. The minimum Gasteiger partial charge on any atom is -0.481 e. The van der Waals surface area contributed by atoms with Gasteiger partial charge in [-0.1, -0.05) is 0 Å². The topological polar surface area (TPSA) is 69.6 Å². The molecule has 0 aromatic heterocycles. The van der Waals surface area contributed by atoms with E-state index in [0.717, 1.165) is 25.9 Å². The van der Waals surface area contributed by atoms with Crippen LogP contribution in [0.25, 0.3) is 0 Å². The summed E-state index contributed by atoms with van der Waals surface area (Å²) >= 11 is 0. The highest BCUT2D eigenvalue weighted by Gasteiger charge is 2.49. The second kappa shape index (κ2) is 4.41. The van der Waals surface area contributed by atoms with Crippen LogP contribution in [-0.4, -0.2) is 48.1 Å². The molecule has 1 heterocycles. The van der Waals surface area contributed by atoms with E-state index in [9.17, 15) is 9.59 Å². The van der Waals surface area contributed by atoms with Crippen molar-refractivity contribution in [3.8, 4) is 0 Å². The van der Waals surface area contributed by atoms with Crippen molar-refractivity contribution in [3.05, 3.63) is 0 Å². The highest BCUT2D eigenvalue weighted by molar-refractivity contribution is 5.89. The van der Waals surface area contributed by atoms with Gasteiger partial charge in [0, 0.05) is 13.1 Å². The van der Waals surface area contributed by atoms with Crippen LogP contribution in [0.3, 0.4) is 0 Å². The van der Waals surface area contributed by atoms with Gasteiger partial charge in [-0.15, -0.1) is 0 Å². The Kier molecular flexibility index (Phi) is 3.14. The molecule has 2 aliphatic rings. The van der Waals surface area contributed by atoms with Crippen molar-refractivity contribution in [2.24, 2.45) is 11.8 Å². The molecule has 0 spiro atoms. The Bertz CT molecular complexity index is 300. The van der Waals surface area contributed by atoms with Crippen LogP contribution >= 0.6 is 0 Å². The quantitative estimate of drug-likeness (QED) is 0.706. The van der Waals surface area contributed by atoms with Crippen molar-refractivity contribution in [3.63, 3.8) is 0 Å². The number of carbonyl (C=O) groups excluding carboxylic acids is 1. The van der Waals surface area contributed by atoms with E-state index in [1.807, 2.05) is 0 Å².